The SMILES string of the molecule is O=C(C[C@@H]1C=CCC1)N1CCN([C@H]2CCC[C@@H]2O)CC1. The molecule has 2 aliphatic carbocycles. The first-order valence-electron chi connectivity index (χ1n) is 8.10. The lowest BCUT2D eigenvalue weighted by molar-refractivity contribution is -0.134. The Bertz CT molecular complexity index is 375. The zero-order valence-corrected chi connectivity index (χ0v) is 12.2. The van der Waals surface area contributed by atoms with Crippen molar-refractivity contribution in [2.75, 3.05) is 26.2 Å². The number of hydrogen-bond acceptors (Lipinski definition) is 3. The van der Waals surface area contributed by atoms with Gasteiger partial charge < -0.3 is 10.0 Å². The summed E-state index contributed by atoms with van der Waals surface area (Å²) in [5.41, 5.74) is 0. The fourth-order valence-electron chi connectivity index (χ4n) is 3.87. The van der Waals surface area contributed by atoms with Gasteiger partial charge in [-0.25, -0.2) is 0 Å². The standard InChI is InChI=1S/C16H26N2O2/c19-15-7-3-6-14(15)17-8-10-18(11-9-17)16(20)12-13-4-1-2-5-13/h1,4,13-15,19H,2-3,5-12H2/t13-,14+,15+/m1/s1. The van der Waals surface area contributed by atoms with E-state index < -0.39 is 0 Å². The third-order valence-corrected chi connectivity index (χ3v) is 5.13. The number of rotatable bonds is 3. The highest BCUT2D eigenvalue weighted by molar-refractivity contribution is 5.76. The number of carbonyl (C=O) groups excluding carboxylic acids is 1. The smallest absolute Gasteiger partial charge is 0.223 e. The van der Waals surface area contributed by atoms with Crippen molar-refractivity contribution >= 4 is 5.91 Å². The largest absolute Gasteiger partial charge is 0.391 e. The quantitative estimate of drug-likeness (QED) is 0.794. The van der Waals surface area contributed by atoms with Gasteiger partial charge in [-0.2, -0.15) is 0 Å². The minimum atomic E-state index is -0.152. The molecule has 4 heteroatoms. The van der Waals surface area contributed by atoms with Crippen LogP contribution in [0.25, 0.3) is 0 Å². The predicted octanol–water partition coefficient (Wildman–Crippen LogP) is 1.40. The lowest BCUT2D eigenvalue weighted by atomic mass is 10.0. The van der Waals surface area contributed by atoms with Crippen molar-refractivity contribution < 1.29 is 9.90 Å². The Labute approximate surface area is 121 Å². The molecule has 20 heavy (non-hydrogen) atoms. The molecule has 1 saturated heterocycles. The molecule has 0 aromatic heterocycles. The van der Waals surface area contributed by atoms with E-state index in [4.69, 9.17) is 0 Å². The average Bonchev–Trinajstić information content (AvgIpc) is 3.10. The zero-order chi connectivity index (χ0) is 13.9. The third kappa shape index (κ3) is 3.07. The van der Waals surface area contributed by atoms with Crippen molar-refractivity contribution in [3.8, 4) is 0 Å². The molecule has 1 N–H and O–H groups in total. The Morgan fingerprint density at radius 2 is 1.95 bits per heavy atom. The van der Waals surface area contributed by atoms with Gasteiger partial charge in [-0.3, -0.25) is 9.69 Å². The van der Waals surface area contributed by atoms with E-state index >= 15 is 0 Å². The van der Waals surface area contributed by atoms with Gasteiger partial charge in [0.25, 0.3) is 0 Å². The van der Waals surface area contributed by atoms with E-state index in [-0.39, 0.29) is 6.10 Å². The topological polar surface area (TPSA) is 43.8 Å². The van der Waals surface area contributed by atoms with Gasteiger partial charge in [-0.05, 0) is 38.0 Å². The number of carbonyl (C=O) groups is 1. The monoisotopic (exact) mass is 278 g/mol. The van der Waals surface area contributed by atoms with Crippen molar-refractivity contribution in [3.63, 3.8) is 0 Å². The average molecular weight is 278 g/mol. The van der Waals surface area contributed by atoms with E-state index in [1.807, 2.05) is 4.90 Å². The van der Waals surface area contributed by atoms with Crippen LogP contribution in [0.15, 0.2) is 12.2 Å². The van der Waals surface area contributed by atoms with Crippen LogP contribution in [0.1, 0.15) is 38.5 Å². The number of piperazine rings is 1. The van der Waals surface area contributed by atoms with Crippen LogP contribution < -0.4 is 0 Å². The molecule has 0 aromatic carbocycles. The van der Waals surface area contributed by atoms with E-state index in [0.29, 0.717) is 24.3 Å². The van der Waals surface area contributed by atoms with Gasteiger partial charge in [-0.15, -0.1) is 0 Å². The summed E-state index contributed by atoms with van der Waals surface area (Å²) in [5, 5.41) is 9.98. The molecular formula is C16H26N2O2. The van der Waals surface area contributed by atoms with Crippen molar-refractivity contribution in [3.05, 3.63) is 12.2 Å². The maximum absolute atomic E-state index is 12.3. The maximum Gasteiger partial charge on any atom is 0.223 e. The van der Waals surface area contributed by atoms with E-state index in [9.17, 15) is 9.90 Å². The molecule has 1 saturated carbocycles. The summed E-state index contributed by atoms with van der Waals surface area (Å²) in [6.07, 6.45) is 10.4. The highest BCUT2D eigenvalue weighted by Gasteiger charge is 2.33. The first kappa shape index (κ1) is 14.1. The van der Waals surface area contributed by atoms with Crippen molar-refractivity contribution in [1.29, 1.82) is 0 Å². The molecule has 0 unspecified atom stereocenters. The summed E-state index contributed by atoms with van der Waals surface area (Å²) in [6, 6.07) is 0.338. The van der Waals surface area contributed by atoms with Crippen LogP contribution in [-0.4, -0.2) is 59.1 Å². The molecule has 0 spiro atoms. The first-order valence-corrected chi connectivity index (χ1v) is 8.10. The van der Waals surface area contributed by atoms with Gasteiger partial charge >= 0.3 is 0 Å². The molecule has 1 heterocycles. The number of amides is 1. The normalized spacial score (nSPS) is 34.9. The summed E-state index contributed by atoms with van der Waals surface area (Å²) in [4.78, 5) is 16.7. The van der Waals surface area contributed by atoms with E-state index in [0.717, 1.165) is 58.3 Å². The van der Waals surface area contributed by atoms with Crippen molar-refractivity contribution in [1.82, 2.24) is 9.80 Å². The van der Waals surface area contributed by atoms with Crippen molar-refractivity contribution in [2.24, 2.45) is 5.92 Å². The number of allylic oxidation sites excluding steroid dienone is 2. The summed E-state index contributed by atoms with van der Waals surface area (Å²) >= 11 is 0. The van der Waals surface area contributed by atoms with Crippen LogP contribution >= 0.6 is 0 Å². The maximum atomic E-state index is 12.3. The fraction of sp³-hybridized carbons (Fsp3) is 0.812. The second kappa shape index (κ2) is 6.27. The number of aliphatic hydroxyl groups excluding tert-OH is 1. The fourth-order valence-corrected chi connectivity index (χ4v) is 3.87. The second-order valence-electron chi connectivity index (χ2n) is 6.45. The number of hydrogen-bond donors (Lipinski definition) is 1. The van der Waals surface area contributed by atoms with Gasteiger partial charge in [-0.1, -0.05) is 12.2 Å². The Balaban J connectivity index is 1.45. The molecule has 2 fully saturated rings. The van der Waals surface area contributed by atoms with Gasteiger partial charge in [0.05, 0.1) is 6.10 Å². The first-order chi connectivity index (χ1) is 9.74. The van der Waals surface area contributed by atoms with E-state index in [1.165, 1.54) is 0 Å². The molecule has 3 aliphatic rings. The van der Waals surface area contributed by atoms with Gasteiger partial charge in [0.15, 0.2) is 0 Å². The Morgan fingerprint density at radius 1 is 1.15 bits per heavy atom. The molecule has 0 bridgehead atoms. The van der Waals surface area contributed by atoms with Crippen LogP contribution in [0, 0.1) is 5.92 Å². The molecule has 0 aromatic rings. The minimum absolute atomic E-state index is 0.152. The highest BCUT2D eigenvalue weighted by atomic mass is 16.3. The van der Waals surface area contributed by atoms with E-state index in [1.54, 1.807) is 0 Å². The minimum Gasteiger partial charge on any atom is -0.391 e. The molecule has 112 valence electrons. The Hall–Kier alpha value is -0.870. The molecule has 1 amide bonds. The molecule has 4 nitrogen and oxygen atoms in total. The Kier molecular flexibility index (Phi) is 4.41. The summed E-state index contributed by atoms with van der Waals surface area (Å²) in [7, 11) is 0. The summed E-state index contributed by atoms with van der Waals surface area (Å²) in [6.45, 7) is 3.51. The molecule has 1 aliphatic heterocycles. The predicted molar refractivity (Wildman–Crippen MR) is 78.3 cm³/mol. The lowest BCUT2D eigenvalue weighted by Crippen LogP contribution is -2.53. The summed E-state index contributed by atoms with van der Waals surface area (Å²) < 4.78 is 0. The number of nitrogens with zero attached hydrogens (tertiary/aromatic N) is 2. The van der Waals surface area contributed by atoms with Gasteiger partial charge in [0, 0.05) is 38.6 Å². The molecular weight excluding hydrogens is 252 g/mol. The highest BCUT2D eigenvalue weighted by Crippen LogP contribution is 2.26. The molecule has 0 radical (unpaired) electrons. The van der Waals surface area contributed by atoms with Crippen LogP contribution in [0.2, 0.25) is 0 Å². The Morgan fingerprint density at radius 3 is 2.55 bits per heavy atom. The molecule has 3 atom stereocenters. The van der Waals surface area contributed by atoms with Gasteiger partial charge in [0.1, 0.15) is 0 Å². The van der Waals surface area contributed by atoms with Crippen molar-refractivity contribution in [2.45, 2.75) is 50.7 Å². The third-order valence-electron chi connectivity index (χ3n) is 5.13. The van der Waals surface area contributed by atoms with Crippen LogP contribution in [0.3, 0.4) is 0 Å². The van der Waals surface area contributed by atoms with Crippen LogP contribution in [-0.2, 0) is 4.79 Å². The van der Waals surface area contributed by atoms with Gasteiger partial charge in [0.2, 0.25) is 5.91 Å². The van der Waals surface area contributed by atoms with E-state index in [2.05, 4.69) is 17.1 Å². The van der Waals surface area contributed by atoms with Crippen LogP contribution in [0.4, 0.5) is 0 Å². The zero-order valence-electron chi connectivity index (χ0n) is 12.2. The molecule has 3 rings (SSSR count). The summed E-state index contributed by atoms with van der Waals surface area (Å²) in [5.74, 6) is 0.783. The second-order valence-corrected chi connectivity index (χ2v) is 6.45. The number of aliphatic hydroxyl groups is 1. The lowest BCUT2D eigenvalue weighted by Gasteiger charge is -2.39. The van der Waals surface area contributed by atoms with Crippen LogP contribution in [0.5, 0.6) is 0 Å².